The van der Waals surface area contributed by atoms with Crippen molar-refractivity contribution in [2.24, 2.45) is 0 Å². The molecule has 3 aromatic carbocycles. The first-order chi connectivity index (χ1) is 17.8. The molecule has 0 saturated carbocycles. The van der Waals surface area contributed by atoms with E-state index in [0.29, 0.717) is 24.2 Å². The van der Waals surface area contributed by atoms with Crippen molar-refractivity contribution in [2.45, 2.75) is 39.8 Å². The van der Waals surface area contributed by atoms with Crippen LogP contribution in [0, 0.1) is 20.8 Å². The van der Waals surface area contributed by atoms with Crippen molar-refractivity contribution >= 4 is 29.6 Å². The molecule has 0 bridgehead atoms. The van der Waals surface area contributed by atoms with Crippen molar-refractivity contribution in [1.29, 1.82) is 0 Å². The van der Waals surface area contributed by atoms with Crippen molar-refractivity contribution in [3.05, 3.63) is 129 Å². The van der Waals surface area contributed by atoms with Crippen LogP contribution in [0.5, 0.6) is 0 Å². The molecule has 0 saturated heterocycles. The number of rotatable bonds is 9. The third-order valence-electron chi connectivity index (χ3n) is 6.50. The minimum atomic E-state index is -0.312. The predicted molar refractivity (Wildman–Crippen MR) is 149 cm³/mol. The summed E-state index contributed by atoms with van der Waals surface area (Å²) in [5, 5.41) is 3.06. The fourth-order valence-corrected chi connectivity index (χ4v) is 4.51. The lowest BCUT2D eigenvalue weighted by molar-refractivity contribution is -0.121. The van der Waals surface area contributed by atoms with E-state index >= 15 is 0 Å². The first-order valence-corrected chi connectivity index (χ1v) is 12.6. The van der Waals surface area contributed by atoms with Gasteiger partial charge in [-0.3, -0.25) is 9.59 Å². The molecule has 1 atom stereocenters. The number of halogens is 1. The van der Waals surface area contributed by atoms with Crippen LogP contribution in [-0.4, -0.2) is 22.2 Å². The van der Waals surface area contributed by atoms with Gasteiger partial charge in [-0.2, -0.15) is 0 Å². The van der Waals surface area contributed by atoms with Crippen LogP contribution >= 0.6 is 11.6 Å². The summed E-state index contributed by atoms with van der Waals surface area (Å²) in [6, 6.07) is 25.6. The second-order valence-corrected chi connectivity index (χ2v) is 9.69. The van der Waals surface area contributed by atoms with Gasteiger partial charge in [-0.1, -0.05) is 77.3 Å². The average molecular weight is 512 g/mol. The van der Waals surface area contributed by atoms with Crippen molar-refractivity contribution in [2.75, 3.05) is 5.32 Å². The van der Waals surface area contributed by atoms with Crippen LogP contribution < -0.4 is 5.32 Å². The third-order valence-corrected chi connectivity index (χ3v) is 6.80. The molecule has 1 N–H and O–H groups in total. The molecule has 188 valence electrons. The quantitative estimate of drug-likeness (QED) is 0.197. The first kappa shape index (κ1) is 26.1. The van der Waals surface area contributed by atoms with Crippen molar-refractivity contribution in [1.82, 2.24) is 9.88 Å². The van der Waals surface area contributed by atoms with Gasteiger partial charge in [-0.15, -0.1) is 0 Å². The molecule has 0 aliphatic rings. The van der Waals surface area contributed by atoms with Crippen LogP contribution in [0.1, 0.15) is 49.8 Å². The molecule has 0 aliphatic carbocycles. The summed E-state index contributed by atoms with van der Waals surface area (Å²) in [6.07, 6.45) is 3.12. The molecule has 1 unspecified atom stereocenters. The van der Waals surface area contributed by atoms with Gasteiger partial charge < -0.3 is 10.2 Å². The monoisotopic (exact) mass is 511 g/mol. The molecule has 2 amide bonds. The fourth-order valence-electron chi connectivity index (χ4n) is 4.31. The molecule has 4 rings (SSSR count). The Kier molecular flexibility index (Phi) is 8.36. The van der Waals surface area contributed by atoms with Gasteiger partial charge in [0.25, 0.3) is 5.91 Å². The first-order valence-electron chi connectivity index (χ1n) is 12.2. The number of amides is 2. The Hall–Kier alpha value is -3.96. The molecular formula is C31H30ClN3O2. The van der Waals surface area contributed by atoms with Crippen LogP contribution in [0.15, 0.2) is 85.1 Å². The number of anilines is 1. The SMILES string of the molecule is Cc1ccc(CN(C=O)C(Cc2ccc(NC(=O)c3cccnc3Cl)cc2C)c2ccc(C)cc2)cc1. The van der Waals surface area contributed by atoms with Gasteiger partial charge in [0.1, 0.15) is 5.15 Å². The smallest absolute Gasteiger partial charge is 0.258 e. The Morgan fingerprint density at radius 3 is 2.27 bits per heavy atom. The molecule has 4 aromatic rings. The van der Waals surface area contributed by atoms with Gasteiger partial charge in [-0.25, -0.2) is 4.98 Å². The average Bonchev–Trinajstić information content (AvgIpc) is 2.89. The van der Waals surface area contributed by atoms with Crippen LogP contribution in [0.2, 0.25) is 5.15 Å². The van der Waals surface area contributed by atoms with Crippen LogP contribution in [0.3, 0.4) is 0 Å². The lowest BCUT2D eigenvalue weighted by Crippen LogP contribution is -2.29. The van der Waals surface area contributed by atoms with E-state index in [2.05, 4.69) is 72.7 Å². The summed E-state index contributed by atoms with van der Waals surface area (Å²) in [6.45, 7) is 6.63. The van der Waals surface area contributed by atoms with E-state index in [-0.39, 0.29) is 17.1 Å². The van der Waals surface area contributed by atoms with E-state index in [1.807, 2.05) is 30.0 Å². The highest BCUT2D eigenvalue weighted by molar-refractivity contribution is 6.33. The maximum absolute atomic E-state index is 12.7. The molecule has 5 nitrogen and oxygen atoms in total. The van der Waals surface area contributed by atoms with Crippen molar-refractivity contribution < 1.29 is 9.59 Å². The number of pyridine rings is 1. The fraction of sp³-hybridized carbons (Fsp3) is 0.194. The zero-order chi connectivity index (χ0) is 26.4. The van der Waals surface area contributed by atoms with Crippen LogP contribution in [-0.2, 0) is 17.8 Å². The van der Waals surface area contributed by atoms with E-state index in [0.717, 1.165) is 28.7 Å². The maximum Gasteiger partial charge on any atom is 0.258 e. The lowest BCUT2D eigenvalue weighted by Gasteiger charge is -2.30. The summed E-state index contributed by atoms with van der Waals surface area (Å²) in [5.74, 6) is -0.312. The minimum Gasteiger partial charge on any atom is -0.334 e. The highest BCUT2D eigenvalue weighted by atomic mass is 35.5. The van der Waals surface area contributed by atoms with Crippen LogP contribution in [0.25, 0.3) is 0 Å². The van der Waals surface area contributed by atoms with Gasteiger partial charge in [0, 0.05) is 18.4 Å². The largest absolute Gasteiger partial charge is 0.334 e. The number of nitrogens with zero attached hydrogens (tertiary/aromatic N) is 2. The number of hydrogen-bond acceptors (Lipinski definition) is 3. The summed E-state index contributed by atoms with van der Waals surface area (Å²) < 4.78 is 0. The van der Waals surface area contributed by atoms with Gasteiger partial charge in [-0.05, 0) is 73.7 Å². The topological polar surface area (TPSA) is 62.3 Å². The number of carbonyl (C=O) groups is 2. The van der Waals surface area contributed by atoms with Crippen molar-refractivity contribution in [3.63, 3.8) is 0 Å². The molecule has 37 heavy (non-hydrogen) atoms. The molecule has 0 aliphatic heterocycles. The molecule has 1 heterocycles. The van der Waals surface area contributed by atoms with E-state index in [1.165, 1.54) is 11.1 Å². The van der Waals surface area contributed by atoms with E-state index in [9.17, 15) is 9.59 Å². The number of hydrogen-bond donors (Lipinski definition) is 1. The standard InChI is InChI=1S/C31H30ClN3O2/c1-21-6-10-24(11-7-21)19-35(20-36)29(25-12-8-22(2)9-13-25)18-26-14-15-27(17-23(26)3)34-31(37)28-5-4-16-33-30(28)32/h4-17,20,29H,18-19H2,1-3H3,(H,34,37). The Morgan fingerprint density at radius 1 is 0.973 bits per heavy atom. The van der Waals surface area contributed by atoms with Gasteiger partial charge in [0.2, 0.25) is 6.41 Å². The number of aromatic nitrogens is 1. The second kappa shape index (κ2) is 11.8. The second-order valence-electron chi connectivity index (χ2n) is 9.33. The maximum atomic E-state index is 12.7. The molecule has 1 aromatic heterocycles. The summed E-state index contributed by atoms with van der Waals surface area (Å²) in [4.78, 5) is 30.8. The lowest BCUT2D eigenvalue weighted by atomic mass is 9.94. The van der Waals surface area contributed by atoms with E-state index in [4.69, 9.17) is 11.6 Å². The predicted octanol–water partition coefficient (Wildman–Crippen LogP) is 6.85. The van der Waals surface area contributed by atoms with E-state index in [1.54, 1.807) is 18.3 Å². The zero-order valence-corrected chi connectivity index (χ0v) is 22.0. The summed E-state index contributed by atoms with van der Waals surface area (Å²) in [5.41, 5.74) is 7.63. The molecule has 6 heteroatoms. The zero-order valence-electron chi connectivity index (χ0n) is 21.2. The summed E-state index contributed by atoms with van der Waals surface area (Å²) in [7, 11) is 0. The highest BCUT2D eigenvalue weighted by Gasteiger charge is 2.21. The number of carbonyl (C=O) groups excluding carboxylic acids is 2. The summed E-state index contributed by atoms with van der Waals surface area (Å²) >= 11 is 6.07. The molecule has 0 radical (unpaired) electrons. The Bertz CT molecular complexity index is 1380. The Morgan fingerprint density at radius 2 is 1.65 bits per heavy atom. The minimum absolute atomic E-state index is 0.146. The highest BCUT2D eigenvalue weighted by Crippen LogP contribution is 2.29. The normalized spacial score (nSPS) is 11.6. The Balaban J connectivity index is 1.58. The number of benzene rings is 3. The number of nitrogens with one attached hydrogen (secondary N) is 1. The Labute approximate surface area is 223 Å². The van der Waals surface area contributed by atoms with Gasteiger partial charge in [0.15, 0.2) is 0 Å². The third kappa shape index (κ3) is 6.63. The van der Waals surface area contributed by atoms with Crippen LogP contribution in [0.4, 0.5) is 5.69 Å². The molecule has 0 fully saturated rings. The molecular weight excluding hydrogens is 482 g/mol. The van der Waals surface area contributed by atoms with Gasteiger partial charge >= 0.3 is 0 Å². The molecule has 0 spiro atoms. The van der Waals surface area contributed by atoms with Crippen molar-refractivity contribution in [3.8, 4) is 0 Å². The van der Waals surface area contributed by atoms with Gasteiger partial charge in [0.05, 0.1) is 11.6 Å². The number of aryl methyl sites for hydroxylation is 3. The van der Waals surface area contributed by atoms with E-state index < -0.39 is 0 Å².